The molecule has 3 N–H and O–H groups in total. The Kier molecular flexibility index (Phi) is 4.35. The molecule has 1 aliphatic rings. The topological polar surface area (TPSA) is 64.4 Å². The fraction of sp³-hybridized carbons (Fsp3) is 0.900. The van der Waals surface area contributed by atoms with Gasteiger partial charge in [0.15, 0.2) is 0 Å². The van der Waals surface area contributed by atoms with Crippen LogP contribution in [0.5, 0.6) is 0 Å². The molecule has 3 unspecified atom stereocenters. The van der Waals surface area contributed by atoms with Gasteiger partial charge in [-0.3, -0.25) is 4.79 Å². The van der Waals surface area contributed by atoms with Gasteiger partial charge in [-0.25, -0.2) is 0 Å². The Bertz CT molecular complexity index is 197. The third-order valence-electron chi connectivity index (χ3n) is 2.59. The SMILES string of the molecule is CCCC1CC1NC(=O)C(N)COC. The number of hydrogen-bond donors (Lipinski definition) is 2. The van der Waals surface area contributed by atoms with Crippen molar-refractivity contribution in [3.05, 3.63) is 0 Å². The molecule has 1 saturated carbocycles. The lowest BCUT2D eigenvalue weighted by Gasteiger charge is -2.10. The third-order valence-corrected chi connectivity index (χ3v) is 2.59. The Hall–Kier alpha value is -0.610. The molecule has 0 heterocycles. The molecular formula is C10H20N2O2. The minimum absolute atomic E-state index is 0.0875. The van der Waals surface area contributed by atoms with Crippen molar-refractivity contribution in [2.24, 2.45) is 11.7 Å². The Morgan fingerprint density at radius 3 is 3.00 bits per heavy atom. The van der Waals surface area contributed by atoms with E-state index in [0.717, 1.165) is 6.42 Å². The maximum atomic E-state index is 11.4. The summed E-state index contributed by atoms with van der Waals surface area (Å²) in [7, 11) is 1.55. The lowest BCUT2D eigenvalue weighted by atomic mass is 10.2. The molecule has 4 heteroatoms. The molecule has 4 nitrogen and oxygen atoms in total. The van der Waals surface area contributed by atoms with E-state index >= 15 is 0 Å². The largest absolute Gasteiger partial charge is 0.383 e. The van der Waals surface area contributed by atoms with Gasteiger partial charge < -0.3 is 15.8 Å². The van der Waals surface area contributed by atoms with Crippen molar-refractivity contribution >= 4 is 5.91 Å². The van der Waals surface area contributed by atoms with Crippen LogP contribution in [0.4, 0.5) is 0 Å². The second-order valence-electron chi connectivity index (χ2n) is 3.96. The second-order valence-corrected chi connectivity index (χ2v) is 3.96. The van der Waals surface area contributed by atoms with E-state index in [1.165, 1.54) is 12.8 Å². The number of carbonyl (C=O) groups is 1. The van der Waals surface area contributed by atoms with E-state index in [9.17, 15) is 4.79 Å². The van der Waals surface area contributed by atoms with Crippen molar-refractivity contribution in [2.75, 3.05) is 13.7 Å². The van der Waals surface area contributed by atoms with E-state index in [4.69, 9.17) is 10.5 Å². The van der Waals surface area contributed by atoms with Gasteiger partial charge in [0, 0.05) is 13.2 Å². The first-order valence-corrected chi connectivity index (χ1v) is 5.24. The van der Waals surface area contributed by atoms with Crippen molar-refractivity contribution in [1.82, 2.24) is 5.32 Å². The minimum Gasteiger partial charge on any atom is -0.383 e. The highest BCUT2D eigenvalue weighted by Crippen LogP contribution is 2.34. The van der Waals surface area contributed by atoms with Crippen molar-refractivity contribution in [1.29, 1.82) is 0 Å². The van der Waals surface area contributed by atoms with Gasteiger partial charge in [0.05, 0.1) is 6.61 Å². The van der Waals surface area contributed by atoms with Crippen LogP contribution in [0.3, 0.4) is 0 Å². The lowest BCUT2D eigenvalue weighted by Crippen LogP contribution is -2.44. The van der Waals surface area contributed by atoms with Crippen molar-refractivity contribution in [2.45, 2.75) is 38.3 Å². The fourth-order valence-corrected chi connectivity index (χ4v) is 1.66. The maximum absolute atomic E-state index is 11.4. The van der Waals surface area contributed by atoms with Crippen LogP contribution in [0.15, 0.2) is 0 Å². The molecular weight excluding hydrogens is 180 g/mol. The van der Waals surface area contributed by atoms with E-state index in [0.29, 0.717) is 12.0 Å². The van der Waals surface area contributed by atoms with Crippen LogP contribution in [0.1, 0.15) is 26.2 Å². The van der Waals surface area contributed by atoms with Crippen LogP contribution in [0.25, 0.3) is 0 Å². The molecule has 0 aliphatic heterocycles. The van der Waals surface area contributed by atoms with Gasteiger partial charge in [-0.1, -0.05) is 13.3 Å². The van der Waals surface area contributed by atoms with Crippen molar-refractivity contribution in [3.63, 3.8) is 0 Å². The zero-order valence-electron chi connectivity index (χ0n) is 8.95. The van der Waals surface area contributed by atoms with Gasteiger partial charge in [0.1, 0.15) is 6.04 Å². The van der Waals surface area contributed by atoms with Gasteiger partial charge in [-0.2, -0.15) is 0 Å². The van der Waals surface area contributed by atoms with Crippen LogP contribution in [0.2, 0.25) is 0 Å². The van der Waals surface area contributed by atoms with Gasteiger partial charge in [0.2, 0.25) is 5.91 Å². The first-order valence-electron chi connectivity index (χ1n) is 5.24. The van der Waals surface area contributed by atoms with Crippen LogP contribution in [-0.2, 0) is 9.53 Å². The summed E-state index contributed by atoms with van der Waals surface area (Å²) in [5.74, 6) is 0.592. The number of rotatable bonds is 6. The first-order chi connectivity index (χ1) is 6.69. The Balaban J connectivity index is 2.16. The normalized spacial score (nSPS) is 27.1. The lowest BCUT2D eigenvalue weighted by molar-refractivity contribution is -0.123. The summed E-state index contributed by atoms with van der Waals surface area (Å²) >= 11 is 0. The molecule has 1 rings (SSSR count). The molecule has 0 spiro atoms. The van der Waals surface area contributed by atoms with Crippen LogP contribution < -0.4 is 11.1 Å². The zero-order valence-corrected chi connectivity index (χ0v) is 8.95. The summed E-state index contributed by atoms with van der Waals surface area (Å²) in [5.41, 5.74) is 5.59. The molecule has 1 aliphatic carbocycles. The number of nitrogens with one attached hydrogen (secondary N) is 1. The maximum Gasteiger partial charge on any atom is 0.239 e. The number of hydrogen-bond acceptors (Lipinski definition) is 3. The molecule has 82 valence electrons. The highest BCUT2D eigenvalue weighted by Gasteiger charge is 2.37. The molecule has 0 radical (unpaired) electrons. The molecule has 14 heavy (non-hydrogen) atoms. The third kappa shape index (κ3) is 3.27. The van der Waals surface area contributed by atoms with Crippen molar-refractivity contribution < 1.29 is 9.53 Å². The van der Waals surface area contributed by atoms with Gasteiger partial charge >= 0.3 is 0 Å². The standard InChI is InChI=1S/C10H20N2O2/c1-3-4-7-5-9(7)12-10(13)8(11)6-14-2/h7-9H,3-6,11H2,1-2H3,(H,12,13). The Labute approximate surface area is 85.2 Å². The highest BCUT2D eigenvalue weighted by molar-refractivity contribution is 5.82. The average Bonchev–Trinajstić information content (AvgIpc) is 2.84. The second kappa shape index (κ2) is 5.32. The number of methoxy groups -OCH3 is 1. The number of nitrogens with two attached hydrogens (primary N) is 1. The summed E-state index contributed by atoms with van der Waals surface area (Å²) < 4.78 is 4.82. The van der Waals surface area contributed by atoms with Gasteiger partial charge in [0.25, 0.3) is 0 Å². The number of ether oxygens (including phenoxy) is 1. The molecule has 0 saturated heterocycles. The fourth-order valence-electron chi connectivity index (χ4n) is 1.66. The van der Waals surface area contributed by atoms with Crippen LogP contribution >= 0.6 is 0 Å². The number of amides is 1. The van der Waals surface area contributed by atoms with E-state index in [1.807, 2.05) is 0 Å². The zero-order chi connectivity index (χ0) is 10.6. The van der Waals surface area contributed by atoms with Crippen molar-refractivity contribution in [3.8, 4) is 0 Å². The first kappa shape index (κ1) is 11.5. The van der Waals surface area contributed by atoms with E-state index in [2.05, 4.69) is 12.2 Å². The van der Waals surface area contributed by atoms with Crippen LogP contribution in [-0.4, -0.2) is 31.7 Å². The smallest absolute Gasteiger partial charge is 0.239 e. The number of carbonyl (C=O) groups excluding carboxylic acids is 1. The summed E-state index contributed by atoms with van der Waals surface area (Å²) in [6, 6.07) is -0.159. The Morgan fingerprint density at radius 1 is 1.71 bits per heavy atom. The summed E-state index contributed by atoms with van der Waals surface area (Å²) in [4.78, 5) is 11.4. The van der Waals surface area contributed by atoms with Gasteiger partial charge in [-0.05, 0) is 18.8 Å². The predicted molar refractivity (Wildman–Crippen MR) is 54.8 cm³/mol. The van der Waals surface area contributed by atoms with Gasteiger partial charge in [-0.15, -0.1) is 0 Å². The minimum atomic E-state index is -0.525. The van der Waals surface area contributed by atoms with Crippen LogP contribution in [0, 0.1) is 5.92 Å². The van der Waals surface area contributed by atoms with E-state index in [1.54, 1.807) is 7.11 Å². The summed E-state index contributed by atoms with van der Waals surface area (Å²) in [6.45, 7) is 2.45. The summed E-state index contributed by atoms with van der Waals surface area (Å²) in [6.07, 6.45) is 3.49. The Morgan fingerprint density at radius 2 is 2.43 bits per heavy atom. The molecule has 0 aromatic carbocycles. The molecule has 1 fully saturated rings. The molecule has 0 aromatic heterocycles. The quantitative estimate of drug-likeness (QED) is 0.646. The monoisotopic (exact) mass is 200 g/mol. The summed E-state index contributed by atoms with van der Waals surface area (Å²) in [5, 5.41) is 2.93. The molecule has 1 amide bonds. The predicted octanol–water partition coefficient (Wildman–Crippen LogP) is 0.265. The van der Waals surface area contributed by atoms with E-state index in [-0.39, 0.29) is 12.5 Å². The molecule has 0 aromatic rings. The molecule has 0 bridgehead atoms. The highest BCUT2D eigenvalue weighted by atomic mass is 16.5. The molecule has 3 atom stereocenters. The average molecular weight is 200 g/mol. The van der Waals surface area contributed by atoms with E-state index < -0.39 is 6.04 Å².